The molecule has 0 aliphatic heterocycles. The van der Waals surface area contributed by atoms with Crippen LogP contribution in [0, 0.1) is 0 Å². The first kappa shape index (κ1) is 12.4. The van der Waals surface area contributed by atoms with Crippen molar-refractivity contribution in [2.24, 2.45) is 5.73 Å². The van der Waals surface area contributed by atoms with Gasteiger partial charge in [-0.05, 0) is 55.2 Å². The van der Waals surface area contributed by atoms with Crippen LogP contribution in [0.3, 0.4) is 0 Å². The van der Waals surface area contributed by atoms with E-state index in [1.54, 1.807) is 7.11 Å². The van der Waals surface area contributed by atoms with Crippen molar-refractivity contribution in [3.63, 3.8) is 0 Å². The van der Waals surface area contributed by atoms with Crippen molar-refractivity contribution in [1.29, 1.82) is 0 Å². The summed E-state index contributed by atoms with van der Waals surface area (Å²) in [6, 6.07) is 7.01. The summed E-state index contributed by atoms with van der Waals surface area (Å²) in [6.07, 6.45) is 5.77. The quantitative estimate of drug-likeness (QED) is 0.870. The SMILES string of the molecule is CCc1ccc(OC)c(C2CCC(N)CC2)c1. The highest BCUT2D eigenvalue weighted by Crippen LogP contribution is 2.37. The summed E-state index contributed by atoms with van der Waals surface area (Å²) < 4.78 is 5.49. The Morgan fingerprint density at radius 3 is 2.53 bits per heavy atom. The first-order valence-electron chi connectivity index (χ1n) is 6.67. The number of ether oxygens (including phenoxy) is 1. The van der Waals surface area contributed by atoms with E-state index in [9.17, 15) is 0 Å². The molecule has 1 saturated carbocycles. The third kappa shape index (κ3) is 2.81. The molecule has 1 aromatic carbocycles. The van der Waals surface area contributed by atoms with Crippen LogP contribution < -0.4 is 10.5 Å². The van der Waals surface area contributed by atoms with Gasteiger partial charge in [-0.25, -0.2) is 0 Å². The monoisotopic (exact) mass is 233 g/mol. The van der Waals surface area contributed by atoms with Crippen LogP contribution in [0.1, 0.15) is 49.7 Å². The van der Waals surface area contributed by atoms with E-state index >= 15 is 0 Å². The Bertz CT molecular complexity index is 367. The molecule has 17 heavy (non-hydrogen) atoms. The normalized spacial score (nSPS) is 24.6. The van der Waals surface area contributed by atoms with Gasteiger partial charge in [-0.15, -0.1) is 0 Å². The Labute approximate surface area is 104 Å². The maximum absolute atomic E-state index is 5.97. The largest absolute Gasteiger partial charge is 0.496 e. The van der Waals surface area contributed by atoms with Crippen molar-refractivity contribution < 1.29 is 4.74 Å². The second-order valence-corrected chi connectivity index (χ2v) is 5.04. The average molecular weight is 233 g/mol. The number of benzene rings is 1. The van der Waals surface area contributed by atoms with Crippen molar-refractivity contribution in [2.75, 3.05) is 7.11 Å². The highest BCUT2D eigenvalue weighted by atomic mass is 16.5. The first-order chi connectivity index (χ1) is 8.24. The van der Waals surface area contributed by atoms with Gasteiger partial charge in [0.15, 0.2) is 0 Å². The Balaban J connectivity index is 2.23. The topological polar surface area (TPSA) is 35.2 Å². The molecule has 0 aromatic heterocycles. The lowest BCUT2D eigenvalue weighted by Gasteiger charge is -2.27. The van der Waals surface area contributed by atoms with Gasteiger partial charge in [0.2, 0.25) is 0 Å². The molecule has 1 fully saturated rings. The van der Waals surface area contributed by atoms with Crippen LogP contribution in [0.2, 0.25) is 0 Å². The number of rotatable bonds is 3. The first-order valence-corrected chi connectivity index (χ1v) is 6.67. The smallest absolute Gasteiger partial charge is 0.122 e. The summed E-state index contributed by atoms with van der Waals surface area (Å²) in [5.41, 5.74) is 8.76. The summed E-state index contributed by atoms with van der Waals surface area (Å²) in [6.45, 7) is 2.20. The molecule has 2 N–H and O–H groups in total. The molecule has 0 saturated heterocycles. The van der Waals surface area contributed by atoms with Gasteiger partial charge in [0, 0.05) is 6.04 Å². The number of hydrogen-bond donors (Lipinski definition) is 1. The van der Waals surface area contributed by atoms with E-state index < -0.39 is 0 Å². The third-order valence-electron chi connectivity index (χ3n) is 3.91. The predicted octanol–water partition coefficient (Wildman–Crippen LogP) is 3.24. The van der Waals surface area contributed by atoms with E-state index in [4.69, 9.17) is 10.5 Å². The zero-order valence-corrected chi connectivity index (χ0v) is 10.9. The highest BCUT2D eigenvalue weighted by molar-refractivity contribution is 5.40. The zero-order chi connectivity index (χ0) is 12.3. The Hall–Kier alpha value is -1.02. The molecular formula is C15H23NO. The second-order valence-electron chi connectivity index (χ2n) is 5.04. The molecule has 0 bridgehead atoms. The van der Waals surface area contributed by atoms with Gasteiger partial charge < -0.3 is 10.5 Å². The van der Waals surface area contributed by atoms with Crippen LogP contribution in [0.15, 0.2) is 18.2 Å². The van der Waals surface area contributed by atoms with Gasteiger partial charge in [-0.1, -0.05) is 19.1 Å². The van der Waals surface area contributed by atoms with E-state index in [2.05, 4.69) is 25.1 Å². The summed E-state index contributed by atoms with van der Waals surface area (Å²) in [7, 11) is 1.76. The molecule has 0 atom stereocenters. The molecule has 94 valence electrons. The third-order valence-corrected chi connectivity index (χ3v) is 3.91. The van der Waals surface area contributed by atoms with Gasteiger partial charge >= 0.3 is 0 Å². The molecule has 1 aliphatic carbocycles. The summed E-state index contributed by atoms with van der Waals surface area (Å²) >= 11 is 0. The molecule has 0 unspecified atom stereocenters. The summed E-state index contributed by atoms with van der Waals surface area (Å²) in [5.74, 6) is 1.68. The van der Waals surface area contributed by atoms with Gasteiger partial charge in [-0.2, -0.15) is 0 Å². The van der Waals surface area contributed by atoms with E-state index in [0.717, 1.165) is 25.0 Å². The molecule has 2 rings (SSSR count). The average Bonchev–Trinajstić information content (AvgIpc) is 2.39. The molecule has 0 radical (unpaired) electrons. The lowest BCUT2D eigenvalue weighted by Crippen LogP contribution is -2.25. The Kier molecular flexibility index (Phi) is 4.06. The number of aryl methyl sites for hydroxylation is 1. The lowest BCUT2D eigenvalue weighted by molar-refractivity contribution is 0.369. The van der Waals surface area contributed by atoms with Crippen LogP contribution in [-0.4, -0.2) is 13.2 Å². The fourth-order valence-electron chi connectivity index (χ4n) is 2.75. The summed E-state index contributed by atoms with van der Waals surface area (Å²) in [4.78, 5) is 0. The zero-order valence-electron chi connectivity index (χ0n) is 10.9. The minimum atomic E-state index is 0.409. The number of methoxy groups -OCH3 is 1. The number of hydrogen-bond acceptors (Lipinski definition) is 2. The van der Waals surface area contributed by atoms with Crippen molar-refractivity contribution in [1.82, 2.24) is 0 Å². The summed E-state index contributed by atoms with van der Waals surface area (Å²) in [5, 5.41) is 0. The van der Waals surface area contributed by atoms with Crippen LogP contribution >= 0.6 is 0 Å². The van der Waals surface area contributed by atoms with Crippen molar-refractivity contribution in [2.45, 2.75) is 51.0 Å². The van der Waals surface area contributed by atoms with E-state index in [0.29, 0.717) is 12.0 Å². The van der Waals surface area contributed by atoms with Crippen molar-refractivity contribution in [3.8, 4) is 5.75 Å². The molecule has 0 spiro atoms. The van der Waals surface area contributed by atoms with E-state index in [1.165, 1.54) is 24.0 Å². The van der Waals surface area contributed by atoms with Crippen LogP contribution in [0.4, 0.5) is 0 Å². The maximum Gasteiger partial charge on any atom is 0.122 e. The van der Waals surface area contributed by atoms with Crippen LogP contribution in [-0.2, 0) is 6.42 Å². The Morgan fingerprint density at radius 2 is 1.94 bits per heavy atom. The molecule has 1 aromatic rings. The minimum absolute atomic E-state index is 0.409. The van der Waals surface area contributed by atoms with Gasteiger partial charge in [0.1, 0.15) is 5.75 Å². The van der Waals surface area contributed by atoms with Crippen molar-refractivity contribution in [3.05, 3.63) is 29.3 Å². The predicted molar refractivity (Wildman–Crippen MR) is 71.6 cm³/mol. The molecule has 2 nitrogen and oxygen atoms in total. The molecule has 1 aliphatic rings. The van der Waals surface area contributed by atoms with E-state index in [-0.39, 0.29) is 0 Å². The lowest BCUT2D eigenvalue weighted by atomic mass is 9.81. The molecule has 0 amide bonds. The highest BCUT2D eigenvalue weighted by Gasteiger charge is 2.22. The molecular weight excluding hydrogens is 210 g/mol. The van der Waals surface area contributed by atoms with Gasteiger partial charge in [0.25, 0.3) is 0 Å². The van der Waals surface area contributed by atoms with Gasteiger partial charge in [-0.3, -0.25) is 0 Å². The van der Waals surface area contributed by atoms with Crippen LogP contribution in [0.5, 0.6) is 5.75 Å². The Morgan fingerprint density at radius 1 is 1.24 bits per heavy atom. The number of nitrogens with two attached hydrogens (primary N) is 1. The maximum atomic E-state index is 5.97. The molecule has 2 heteroatoms. The minimum Gasteiger partial charge on any atom is -0.496 e. The van der Waals surface area contributed by atoms with Crippen LogP contribution in [0.25, 0.3) is 0 Å². The van der Waals surface area contributed by atoms with E-state index in [1.807, 2.05) is 0 Å². The van der Waals surface area contributed by atoms with Crippen molar-refractivity contribution >= 4 is 0 Å². The molecule has 0 heterocycles. The second kappa shape index (κ2) is 5.54. The van der Waals surface area contributed by atoms with Gasteiger partial charge in [0.05, 0.1) is 7.11 Å². The standard InChI is InChI=1S/C15H23NO/c1-3-11-4-9-15(17-2)14(10-11)12-5-7-13(16)8-6-12/h4,9-10,12-13H,3,5-8,16H2,1-2H3. The fourth-order valence-corrected chi connectivity index (χ4v) is 2.75. The fraction of sp³-hybridized carbons (Fsp3) is 0.600.